The Kier molecular flexibility index (Phi) is 5.23. The fourth-order valence-electron chi connectivity index (χ4n) is 2.70. The normalized spacial score (nSPS) is 19.1. The van der Waals surface area contributed by atoms with Gasteiger partial charge in [-0.3, -0.25) is 0 Å². The van der Waals surface area contributed by atoms with Gasteiger partial charge in [-0.05, 0) is 63.5 Å². The maximum absolute atomic E-state index is 5.50. The van der Waals surface area contributed by atoms with E-state index >= 15 is 0 Å². The molecule has 0 aliphatic carbocycles. The molecule has 3 nitrogen and oxygen atoms in total. The van der Waals surface area contributed by atoms with Gasteiger partial charge in [-0.1, -0.05) is 12.1 Å². The summed E-state index contributed by atoms with van der Waals surface area (Å²) in [6.45, 7) is 2.25. The molecule has 1 atom stereocenters. The molecular weight excluding hydrogens is 236 g/mol. The van der Waals surface area contributed by atoms with Crippen LogP contribution >= 0.6 is 0 Å². The minimum atomic E-state index is 0.623. The van der Waals surface area contributed by atoms with Gasteiger partial charge in [0.05, 0.1) is 7.11 Å². The lowest BCUT2D eigenvalue weighted by atomic mass is 10.00. The quantitative estimate of drug-likeness (QED) is 0.849. The van der Waals surface area contributed by atoms with E-state index in [9.17, 15) is 0 Å². The minimum absolute atomic E-state index is 0.623. The first-order valence-electron chi connectivity index (χ1n) is 7.23. The van der Waals surface area contributed by atoms with Crippen molar-refractivity contribution in [1.82, 2.24) is 10.2 Å². The Morgan fingerprint density at radius 2 is 2.21 bits per heavy atom. The molecule has 2 rings (SSSR count). The summed E-state index contributed by atoms with van der Waals surface area (Å²) in [4.78, 5) is 2.22. The van der Waals surface area contributed by atoms with Crippen LogP contribution in [-0.2, 0) is 12.8 Å². The molecule has 1 heterocycles. The number of ether oxygens (including phenoxy) is 1. The van der Waals surface area contributed by atoms with Crippen LogP contribution in [0.3, 0.4) is 0 Å². The molecule has 0 aromatic heterocycles. The van der Waals surface area contributed by atoms with Gasteiger partial charge in [0.2, 0.25) is 0 Å². The van der Waals surface area contributed by atoms with Crippen molar-refractivity contribution in [2.45, 2.75) is 31.7 Å². The van der Waals surface area contributed by atoms with Gasteiger partial charge in [-0.25, -0.2) is 0 Å². The van der Waals surface area contributed by atoms with Gasteiger partial charge in [0, 0.05) is 12.6 Å². The van der Waals surface area contributed by atoms with Crippen LogP contribution in [0.5, 0.6) is 5.75 Å². The van der Waals surface area contributed by atoms with Gasteiger partial charge in [-0.2, -0.15) is 0 Å². The van der Waals surface area contributed by atoms with E-state index in [1.165, 1.54) is 24.0 Å². The van der Waals surface area contributed by atoms with E-state index in [0.29, 0.717) is 6.04 Å². The summed E-state index contributed by atoms with van der Waals surface area (Å²) in [5.74, 6) is 1.03. The van der Waals surface area contributed by atoms with Crippen LogP contribution in [0.15, 0.2) is 18.2 Å². The first-order chi connectivity index (χ1) is 9.19. The van der Waals surface area contributed by atoms with Crippen LogP contribution in [0.4, 0.5) is 0 Å². The minimum Gasteiger partial charge on any atom is -0.496 e. The average Bonchev–Trinajstić information content (AvgIpc) is 2.89. The Bertz CT molecular complexity index is 398. The number of hydrogen-bond donors (Lipinski definition) is 1. The highest BCUT2D eigenvalue weighted by atomic mass is 16.5. The van der Waals surface area contributed by atoms with E-state index in [0.717, 1.165) is 31.7 Å². The van der Waals surface area contributed by atoms with Gasteiger partial charge in [0.15, 0.2) is 0 Å². The monoisotopic (exact) mass is 262 g/mol. The molecular formula is C16H26N2O. The molecule has 19 heavy (non-hydrogen) atoms. The average molecular weight is 262 g/mol. The fourth-order valence-corrected chi connectivity index (χ4v) is 2.70. The van der Waals surface area contributed by atoms with Gasteiger partial charge in [0.25, 0.3) is 0 Å². The van der Waals surface area contributed by atoms with Gasteiger partial charge >= 0.3 is 0 Å². The summed E-state index contributed by atoms with van der Waals surface area (Å²) in [6, 6.07) is 7.25. The Morgan fingerprint density at radius 1 is 1.37 bits per heavy atom. The Hall–Kier alpha value is -1.06. The highest BCUT2D eigenvalue weighted by Gasteiger charge is 2.16. The lowest BCUT2D eigenvalue weighted by molar-refractivity contribution is 0.404. The SMILES string of the molecule is COc1ccc(CCN(C)C)cc1CC1CCCN1. The van der Waals surface area contributed by atoms with Crippen LogP contribution in [0.1, 0.15) is 24.0 Å². The summed E-state index contributed by atoms with van der Waals surface area (Å²) in [6.07, 6.45) is 4.76. The number of likely N-dealkylation sites (N-methyl/N-ethyl adjacent to an activating group) is 1. The number of benzene rings is 1. The number of rotatable bonds is 6. The molecule has 0 radical (unpaired) electrons. The first-order valence-corrected chi connectivity index (χ1v) is 7.23. The smallest absolute Gasteiger partial charge is 0.122 e. The Morgan fingerprint density at radius 3 is 2.84 bits per heavy atom. The van der Waals surface area contributed by atoms with E-state index in [4.69, 9.17) is 4.74 Å². The van der Waals surface area contributed by atoms with E-state index in [1.54, 1.807) is 7.11 Å². The zero-order valence-corrected chi connectivity index (χ0v) is 12.4. The molecule has 1 N–H and O–H groups in total. The Balaban J connectivity index is 2.06. The number of methoxy groups -OCH3 is 1. The van der Waals surface area contributed by atoms with Crippen LogP contribution < -0.4 is 10.1 Å². The maximum atomic E-state index is 5.50. The van der Waals surface area contributed by atoms with Crippen LogP contribution in [0.25, 0.3) is 0 Å². The summed E-state index contributed by atoms with van der Waals surface area (Å²) >= 11 is 0. The van der Waals surface area contributed by atoms with Crippen LogP contribution in [-0.4, -0.2) is 45.2 Å². The van der Waals surface area contributed by atoms with Gasteiger partial charge in [-0.15, -0.1) is 0 Å². The summed E-state index contributed by atoms with van der Waals surface area (Å²) in [5.41, 5.74) is 2.75. The maximum Gasteiger partial charge on any atom is 0.122 e. The summed E-state index contributed by atoms with van der Waals surface area (Å²) < 4.78 is 5.50. The molecule has 3 heteroatoms. The number of nitrogens with zero attached hydrogens (tertiary/aromatic N) is 1. The lowest BCUT2D eigenvalue weighted by Gasteiger charge is -2.16. The Labute approximate surface area is 116 Å². The first kappa shape index (κ1) is 14.4. The van der Waals surface area contributed by atoms with Crippen LogP contribution in [0.2, 0.25) is 0 Å². The molecule has 1 aliphatic rings. The van der Waals surface area contributed by atoms with Gasteiger partial charge < -0.3 is 15.0 Å². The zero-order chi connectivity index (χ0) is 13.7. The van der Waals surface area contributed by atoms with Crippen molar-refractivity contribution in [3.05, 3.63) is 29.3 Å². The molecule has 1 aliphatic heterocycles. The van der Waals surface area contributed by atoms with E-state index < -0.39 is 0 Å². The molecule has 1 saturated heterocycles. The van der Waals surface area contributed by atoms with Crippen molar-refractivity contribution in [3.63, 3.8) is 0 Å². The van der Waals surface area contributed by atoms with Gasteiger partial charge in [0.1, 0.15) is 5.75 Å². The third-order valence-corrected chi connectivity index (χ3v) is 3.82. The topological polar surface area (TPSA) is 24.5 Å². The molecule has 0 amide bonds. The number of nitrogens with one attached hydrogen (secondary N) is 1. The molecule has 0 spiro atoms. The zero-order valence-electron chi connectivity index (χ0n) is 12.4. The summed E-state index contributed by atoms with van der Waals surface area (Å²) in [7, 11) is 6.00. The van der Waals surface area contributed by atoms with Crippen molar-refractivity contribution in [3.8, 4) is 5.75 Å². The second-order valence-electron chi connectivity index (χ2n) is 5.70. The van der Waals surface area contributed by atoms with E-state index in [-0.39, 0.29) is 0 Å². The second kappa shape index (κ2) is 6.92. The fraction of sp³-hybridized carbons (Fsp3) is 0.625. The second-order valence-corrected chi connectivity index (χ2v) is 5.70. The molecule has 1 aromatic rings. The highest BCUT2D eigenvalue weighted by molar-refractivity contribution is 5.38. The predicted molar refractivity (Wildman–Crippen MR) is 80.0 cm³/mol. The molecule has 1 unspecified atom stereocenters. The largest absolute Gasteiger partial charge is 0.496 e. The van der Waals surface area contributed by atoms with Crippen molar-refractivity contribution in [2.24, 2.45) is 0 Å². The van der Waals surface area contributed by atoms with Crippen molar-refractivity contribution in [1.29, 1.82) is 0 Å². The summed E-state index contributed by atoms with van der Waals surface area (Å²) in [5, 5.41) is 3.56. The van der Waals surface area contributed by atoms with Crippen molar-refractivity contribution >= 4 is 0 Å². The third kappa shape index (κ3) is 4.22. The van der Waals surface area contributed by atoms with Crippen LogP contribution in [0, 0.1) is 0 Å². The predicted octanol–water partition coefficient (Wildman–Crippen LogP) is 2.09. The lowest BCUT2D eigenvalue weighted by Crippen LogP contribution is -2.24. The highest BCUT2D eigenvalue weighted by Crippen LogP contribution is 2.23. The molecule has 0 bridgehead atoms. The van der Waals surface area contributed by atoms with Crippen molar-refractivity contribution in [2.75, 3.05) is 34.3 Å². The standard InChI is InChI=1S/C16H26N2O/c1-18(2)10-8-13-6-7-16(19-3)14(11-13)12-15-5-4-9-17-15/h6-7,11,15,17H,4-5,8-10,12H2,1-3H3. The third-order valence-electron chi connectivity index (χ3n) is 3.82. The van der Waals surface area contributed by atoms with Crippen molar-refractivity contribution < 1.29 is 4.74 Å². The molecule has 1 fully saturated rings. The number of hydrogen-bond acceptors (Lipinski definition) is 3. The molecule has 106 valence electrons. The molecule has 1 aromatic carbocycles. The molecule has 0 saturated carbocycles. The van der Waals surface area contributed by atoms with E-state index in [2.05, 4.69) is 42.5 Å². The van der Waals surface area contributed by atoms with E-state index in [1.807, 2.05) is 0 Å².